The van der Waals surface area contributed by atoms with E-state index >= 15 is 0 Å². The number of rotatable bonds is 3. The highest BCUT2D eigenvalue weighted by atomic mass is 16.1. The van der Waals surface area contributed by atoms with Gasteiger partial charge in [0.1, 0.15) is 0 Å². The van der Waals surface area contributed by atoms with Gasteiger partial charge in [0, 0.05) is 24.0 Å². The molecule has 5 nitrogen and oxygen atoms in total. The first-order chi connectivity index (χ1) is 10.8. The molecule has 0 unspecified atom stereocenters. The van der Waals surface area contributed by atoms with Crippen molar-refractivity contribution in [1.29, 1.82) is 0 Å². The number of fused-ring (bicyclic) bond motifs is 1. The van der Waals surface area contributed by atoms with Crippen LogP contribution in [-0.4, -0.2) is 34.8 Å². The summed E-state index contributed by atoms with van der Waals surface area (Å²) in [6.45, 7) is 1.69. The molecule has 22 heavy (non-hydrogen) atoms. The lowest BCUT2D eigenvalue weighted by Gasteiger charge is -2.27. The zero-order valence-electron chi connectivity index (χ0n) is 12.0. The fourth-order valence-corrected chi connectivity index (χ4v) is 2.59. The molecule has 0 radical (unpaired) electrons. The number of carbonyl (C=O) groups excluding carboxylic acids is 1. The van der Waals surface area contributed by atoms with Crippen molar-refractivity contribution in [2.24, 2.45) is 0 Å². The second-order valence-corrected chi connectivity index (χ2v) is 5.49. The summed E-state index contributed by atoms with van der Waals surface area (Å²) in [5.74, 6) is -0.0331. The van der Waals surface area contributed by atoms with Gasteiger partial charge < -0.3 is 10.6 Å². The van der Waals surface area contributed by atoms with Gasteiger partial charge in [0.15, 0.2) is 0 Å². The maximum absolute atomic E-state index is 12.3. The number of amides is 1. The van der Waals surface area contributed by atoms with E-state index in [4.69, 9.17) is 0 Å². The molecule has 110 valence electrons. The van der Waals surface area contributed by atoms with Crippen molar-refractivity contribution < 1.29 is 4.79 Å². The standard InChI is InChI=1S/C17H16N4O/c22-17(20-14-10-18-11-14)12-6-7-13-9-19-21(16(13)8-12)15-4-2-1-3-5-15/h1-9,14,18H,10-11H2,(H,20,22). The molecular weight excluding hydrogens is 276 g/mol. The Hall–Kier alpha value is -2.66. The third kappa shape index (κ3) is 2.25. The highest BCUT2D eigenvalue weighted by molar-refractivity contribution is 5.98. The number of nitrogens with one attached hydrogen (secondary N) is 2. The van der Waals surface area contributed by atoms with Gasteiger partial charge in [-0.2, -0.15) is 5.10 Å². The Morgan fingerprint density at radius 1 is 1.18 bits per heavy atom. The number of carbonyl (C=O) groups is 1. The molecule has 3 aromatic rings. The predicted molar refractivity (Wildman–Crippen MR) is 85.2 cm³/mol. The Morgan fingerprint density at radius 2 is 2.00 bits per heavy atom. The molecule has 0 spiro atoms. The molecule has 4 rings (SSSR count). The van der Waals surface area contributed by atoms with Gasteiger partial charge in [-0.3, -0.25) is 4.79 Å². The summed E-state index contributed by atoms with van der Waals surface area (Å²) in [5.41, 5.74) is 2.58. The number of aromatic nitrogens is 2. The average molecular weight is 292 g/mol. The molecule has 0 bridgehead atoms. The van der Waals surface area contributed by atoms with E-state index < -0.39 is 0 Å². The van der Waals surface area contributed by atoms with Crippen molar-refractivity contribution in [2.45, 2.75) is 6.04 Å². The molecule has 2 N–H and O–H groups in total. The van der Waals surface area contributed by atoms with Crippen molar-refractivity contribution in [3.8, 4) is 5.69 Å². The van der Waals surface area contributed by atoms with Crippen molar-refractivity contribution in [3.63, 3.8) is 0 Å². The molecule has 0 aliphatic carbocycles. The molecule has 1 fully saturated rings. The molecule has 2 aromatic carbocycles. The van der Waals surface area contributed by atoms with E-state index in [-0.39, 0.29) is 11.9 Å². The molecule has 2 heterocycles. The number of nitrogens with zero attached hydrogens (tertiary/aromatic N) is 2. The Labute approximate surface area is 127 Å². The monoisotopic (exact) mass is 292 g/mol. The first-order valence-corrected chi connectivity index (χ1v) is 7.36. The van der Waals surface area contributed by atoms with Crippen molar-refractivity contribution in [3.05, 3.63) is 60.3 Å². The van der Waals surface area contributed by atoms with Crippen molar-refractivity contribution in [2.75, 3.05) is 13.1 Å². The number of benzene rings is 2. The molecular formula is C17H16N4O. The molecule has 1 amide bonds. The molecule has 1 aromatic heterocycles. The lowest BCUT2D eigenvalue weighted by molar-refractivity contribution is 0.0924. The minimum atomic E-state index is -0.0331. The minimum Gasteiger partial charge on any atom is -0.347 e. The Bertz CT molecular complexity index is 821. The number of hydrogen-bond acceptors (Lipinski definition) is 3. The summed E-state index contributed by atoms with van der Waals surface area (Å²) >= 11 is 0. The molecule has 1 aliphatic heterocycles. The Balaban J connectivity index is 1.71. The van der Waals surface area contributed by atoms with E-state index in [1.807, 2.05) is 59.4 Å². The van der Waals surface area contributed by atoms with Crippen LogP contribution in [0.3, 0.4) is 0 Å². The Kier molecular flexibility index (Phi) is 3.12. The Morgan fingerprint density at radius 3 is 2.73 bits per heavy atom. The van der Waals surface area contributed by atoms with Gasteiger partial charge in [0.25, 0.3) is 5.91 Å². The highest BCUT2D eigenvalue weighted by Crippen LogP contribution is 2.19. The zero-order valence-corrected chi connectivity index (χ0v) is 12.0. The quantitative estimate of drug-likeness (QED) is 0.773. The predicted octanol–water partition coefficient (Wildman–Crippen LogP) is 1.73. The van der Waals surface area contributed by atoms with E-state index in [1.165, 1.54) is 0 Å². The van der Waals surface area contributed by atoms with Crippen LogP contribution in [0.15, 0.2) is 54.7 Å². The number of hydrogen-bond donors (Lipinski definition) is 2. The molecule has 1 saturated heterocycles. The SMILES string of the molecule is O=C(NC1CNC1)c1ccc2cnn(-c3ccccc3)c2c1. The second-order valence-electron chi connectivity index (χ2n) is 5.49. The van der Waals surface area contributed by atoms with Crippen LogP contribution in [0.25, 0.3) is 16.6 Å². The molecule has 0 atom stereocenters. The minimum absolute atomic E-state index is 0.0331. The second kappa shape index (κ2) is 5.27. The van der Waals surface area contributed by atoms with Crippen LogP contribution in [0.5, 0.6) is 0 Å². The maximum Gasteiger partial charge on any atom is 0.251 e. The summed E-state index contributed by atoms with van der Waals surface area (Å²) in [5, 5.41) is 11.6. The van der Waals surface area contributed by atoms with Crippen LogP contribution in [-0.2, 0) is 0 Å². The van der Waals surface area contributed by atoms with E-state index in [9.17, 15) is 4.79 Å². The van der Waals surface area contributed by atoms with Gasteiger partial charge in [-0.25, -0.2) is 4.68 Å². The van der Waals surface area contributed by atoms with E-state index in [0.29, 0.717) is 5.56 Å². The van der Waals surface area contributed by atoms with E-state index in [2.05, 4.69) is 15.7 Å². The van der Waals surface area contributed by atoms with Gasteiger partial charge in [-0.1, -0.05) is 24.3 Å². The number of para-hydroxylation sites is 1. The topological polar surface area (TPSA) is 59.0 Å². The average Bonchev–Trinajstić information content (AvgIpc) is 2.94. The summed E-state index contributed by atoms with van der Waals surface area (Å²) in [6, 6.07) is 15.8. The van der Waals surface area contributed by atoms with Crippen LogP contribution in [0, 0.1) is 0 Å². The third-order valence-corrected chi connectivity index (χ3v) is 3.95. The van der Waals surface area contributed by atoms with Gasteiger partial charge in [-0.15, -0.1) is 0 Å². The lowest BCUT2D eigenvalue weighted by Crippen LogP contribution is -2.56. The summed E-state index contributed by atoms with van der Waals surface area (Å²) < 4.78 is 1.86. The molecule has 0 saturated carbocycles. The van der Waals surface area contributed by atoms with Crippen LogP contribution < -0.4 is 10.6 Å². The summed E-state index contributed by atoms with van der Waals surface area (Å²) in [6.07, 6.45) is 1.82. The van der Waals surface area contributed by atoms with Gasteiger partial charge in [-0.05, 0) is 24.3 Å². The van der Waals surface area contributed by atoms with Crippen LogP contribution in [0.4, 0.5) is 0 Å². The van der Waals surface area contributed by atoms with E-state index in [1.54, 1.807) is 0 Å². The van der Waals surface area contributed by atoms with Crippen molar-refractivity contribution in [1.82, 2.24) is 20.4 Å². The van der Waals surface area contributed by atoms with Crippen molar-refractivity contribution >= 4 is 16.8 Å². The molecule has 5 heteroatoms. The fourth-order valence-electron chi connectivity index (χ4n) is 2.59. The van der Waals surface area contributed by atoms with Crippen LogP contribution in [0.2, 0.25) is 0 Å². The third-order valence-electron chi connectivity index (χ3n) is 3.95. The first-order valence-electron chi connectivity index (χ1n) is 7.36. The normalized spacial score (nSPS) is 14.7. The smallest absolute Gasteiger partial charge is 0.251 e. The zero-order chi connectivity index (χ0) is 14.9. The summed E-state index contributed by atoms with van der Waals surface area (Å²) in [4.78, 5) is 12.3. The molecule has 1 aliphatic rings. The van der Waals surface area contributed by atoms with Crippen LogP contribution in [0.1, 0.15) is 10.4 Å². The highest BCUT2D eigenvalue weighted by Gasteiger charge is 2.20. The first kappa shape index (κ1) is 13.0. The van der Waals surface area contributed by atoms with Gasteiger partial charge in [0.2, 0.25) is 0 Å². The van der Waals surface area contributed by atoms with Crippen LogP contribution >= 0.6 is 0 Å². The van der Waals surface area contributed by atoms with E-state index in [0.717, 1.165) is 29.7 Å². The lowest BCUT2D eigenvalue weighted by atomic mass is 10.1. The summed E-state index contributed by atoms with van der Waals surface area (Å²) in [7, 11) is 0. The largest absolute Gasteiger partial charge is 0.347 e. The van der Waals surface area contributed by atoms with Gasteiger partial charge >= 0.3 is 0 Å². The fraction of sp³-hybridized carbons (Fsp3) is 0.176. The van der Waals surface area contributed by atoms with Gasteiger partial charge in [0.05, 0.1) is 23.4 Å². The maximum atomic E-state index is 12.3.